The fourth-order valence-electron chi connectivity index (χ4n) is 14.9. The maximum Gasteiger partial charge on any atom is 0.144 e. The molecule has 17 rings (SSSR count). The summed E-state index contributed by atoms with van der Waals surface area (Å²) in [5, 5.41) is 6.83. The number of benzene rings is 11. The van der Waals surface area contributed by atoms with Crippen LogP contribution in [0.25, 0.3) is 121 Å². The van der Waals surface area contributed by atoms with Crippen LogP contribution >= 0.6 is 0 Å². The van der Waals surface area contributed by atoms with Crippen molar-refractivity contribution in [1.82, 2.24) is 0 Å². The summed E-state index contributed by atoms with van der Waals surface area (Å²) in [7, 11) is 0. The first-order valence-corrected chi connectivity index (χ1v) is 27.7. The second-order valence-corrected chi connectivity index (χ2v) is 23.9. The Balaban J connectivity index is 0.891. The molecule has 0 bridgehead atoms. The average molecular weight is 1020 g/mol. The molecule has 4 heteroatoms. The van der Waals surface area contributed by atoms with E-state index in [-0.39, 0.29) is 16.2 Å². The smallest absolute Gasteiger partial charge is 0.144 e. The largest absolute Gasteiger partial charge is 0.456 e. The lowest BCUT2D eigenvalue weighted by molar-refractivity contribution is 0.600. The molecular weight excluding hydrogens is 963 g/mol. The minimum Gasteiger partial charge on any atom is -0.456 e. The van der Waals surface area contributed by atoms with E-state index in [0.717, 1.165) is 83.2 Å². The van der Waals surface area contributed by atoms with E-state index >= 15 is 0 Å². The van der Waals surface area contributed by atoms with E-state index in [1.54, 1.807) is 0 Å². The number of rotatable bonds is 5. The molecule has 0 N–H and O–H groups in total. The van der Waals surface area contributed by atoms with Gasteiger partial charge < -0.3 is 18.2 Å². The molecular formula is C75H53NO3. The van der Waals surface area contributed by atoms with Crippen LogP contribution in [0.5, 0.6) is 0 Å². The lowest BCUT2D eigenvalue weighted by atomic mass is 9.72. The van der Waals surface area contributed by atoms with Gasteiger partial charge in [0.25, 0.3) is 0 Å². The van der Waals surface area contributed by atoms with Crippen LogP contribution in [0.3, 0.4) is 0 Å². The van der Waals surface area contributed by atoms with Gasteiger partial charge in [-0.05, 0) is 139 Å². The van der Waals surface area contributed by atoms with Crippen molar-refractivity contribution in [3.05, 3.63) is 246 Å². The van der Waals surface area contributed by atoms with Gasteiger partial charge in [-0.3, -0.25) is 0 Å². The monoisotopic (exact) mass is 1020 g/mol. The van der Waals surface area contributed by atoms with Crippen molar-refractivity contribution in [3.63, 3.8) is 0 Å². The lowest BCUT2D eigenvalue weighted by Crippen LogP contribution is -2.24. The molecule has 4 nitrogen and oxygen atoms in total. The SMILES string of the molecule is CC1(C)c2cc(N(c3ccc4c(c3)C(C)(C)c3c5c(c6oc7ccccc7c6c3-4)-c3ccccc3C5(C)C)c3cccc4oc5ccccc5c34)ccc2-c2c1cc(-c1ccc(-c3ccccc3)cc1)c1oc3ccccc3c21. The third-order valence-electron chi connectivity index (χ3n) is 18.6. The van der Waals surface area contributed by atoms with Crippen molar-refractivity contribution >= 4 is 82.9 Å². The zero-order valence-corrected chi connectivity index (χ0v) is 44.9. The summed E-state index contributed by atoms with van der Waals surface area (Å²) in [5.41, 5.74) is 27.8. The van der Waals surface area contributed by atoms with E-state index in [9.17, 15) is 0 Å². The normalized spacial score (nSPS) is 15.0. The van der Waals surface area contributed by atoms with Gasteiger partial charge in [0.05, 0.1) is 11.1 Å². The van der Waals surface area contributed by atoms with Crippen molar-refractivity contribution in [2.75, 3.05) is 4.90 Å². The van der Waals surface area contributed by atoms with E-state index in [2.05, 4.69) is 259 Å². The molecule has 3 aromatic heterocycles. The molecule has 3 heterocycles. The van der Waals surface area contributed by atoms with E-state index in [4.69, 9.17) is 13.3 Å². The molecule has 0 aliphatic heterocycles. The number of hydrogen-bond donors (Lipinski definition) is 0. The van der Waals surface area contributed by atoms with Gasteiger partial charge in [0, 0.05) is 65.7 Å². The number of para-hydroxylation sites is 3. The summed E-state index contributed by atoms with van der Waals surface area (Å²) in [6, 6.07) is 77.6. The summed E-state index contributed by atoms with van der Waals surface area (Å²) in [6.45, 7) is 14.5. The Morgan fingerprint density at radius 3 is 1.49 bits per heavy atom. The summed E-state index contributed by atoms with van der Waals surface area (Å²) in [4.78, 5) is 2.50. The molecule has 0 fully saturated rings. The van der Waals surface area contributed by atoms with E-state index in [1.807, 2.05) is 0 Å². The lowest BCUT2D eigenvalue weighted by Gasteiger charge is -2.32. The molecule has 3 aliphatic carbocycles. The van der Waals surface area contributed by atoms with Crippen molar-refractivity contribution < 1.29 is 13.3 Å². The standard InChI is InChI=1S/C75H53NO3/c1-73(2)55-39-45(35-37-48(55)63-57(73)41-53(71-66(63)51-23-12-16-28-60(51)78-71)44-33-31-43(32-34-44)42-19-8-7-9-20-42)76(58-26-18-30-62-64(58)50-22-11-15-27-59(50)77-62)46-36-38-49-56(40-46)75(5,6)69-65(49)67-52-24-13-17-29-61(52)79-72(67)68-47-21-10-14-25-54(47)74(3,4)70(68)69/h7-41H,1-6H3. The molecule has 3 aliphatic rings. The third kappa shape index (κ3) is 5.83. The van der Waals surface area contributed by atoms with Gasteiger partial charge >= 0.3 is 0 Å². The summed E-state index contributed by atoms with van der Waals surface area (Å²) < 4.78 is 20.7. The van der Waals surface area contributed by atoms with E-state index < -0.39 is 0 Å². The molecule has 0 unspecified atom stereocenters. The third-order valence-corrected chi connectivity index (χ3v) is 18.6. The first-order valence-electron chi connectivity index (χ1n) is 27.7. The van der Waals surface area contributed by atoms with Crippen LogP contribution in [-0.2, 0) is 16.2 Å². The maximum absolute atomic E-state index is 7.04. The number of nitrogens with zero attached hydrogens (tertiary/aromatic N) is 1. The van der Waals surface area contributed by atoms with Crippen molar-refractivity contribution in [2.24, 2.45) is 0 Å². The number of furan rings is 3. The Bertz CT molecular complexity index is 4980. The zero-order chi connectivity index (χ0) is 52.8. The second-order valence-electron chi connectivity index (χ2n) is 23.9. The van der Waals surface area contributed by atoms with E-state index in [1.165, 1.54) is 88.7 Å². The molecule has 0 spiro atoms. The van der Waals surface area contributed by atoms with Gasteiger partial charge in [0.2, 0.25) is 0 Å². The Morgan fingerprint density at radius 1 is 0.304 bits per heavy atom. The number of hydrogen-bond acceptors (Lipinski definition) is 4. The minimum atomic E-state index is -0.378. The highest BCUT2D eigenvalue weighted by Gasteiger charge is 2.49. The van der Waals surface area contributed by atoms with Crippen LogP contribution in [-0.4, -0.2) is 0 Å². The number of fused-ring (bicyclic) bond motifs is 22. The fourth-order valence-corrected chi connectivity index (χ4v) is 14.9. The van der Waals surface area contributed by atoms with Crippen molar-refractivity contribution in [1.29, 1.82) is 0 Å². The predicted octanol–water partition coefficient (Wildman–Crippen LogP) is 21.1. The van der Waals surface area contributed by atoms with Gasteiger partial charge in [0.15, 0.2) is 0 Å². The Hall–Kier alpha value is -9.38. The molecule has 0 amide bonds. The summed E-state index contributed by atoms with van der Waals surface area (Å²) in [6.07, 6.45) is 0. The molecule has 376 valence electrons. The van der Waals surface area contributed by atoms with Gasteiger partial charge in [-0.1, -0.05) is 193 Å². The van der Waals surface area contributed by atoms with Crippen LogP contribution in [0.2, 0.25) is 0 Å². The molecule has 79 heavy (non-hydrogen) atoms. The number of anilines is 3. The first-order chi connectivity index (χ1) is 38.5. The Labute approximate surface area is 457 Å². The van der Waals surface area contributed by atoms with Gasteiger partial charge in [-0.2, -0.15) is 0 Å². The van der Waals surface area contributed by atoms with E-state index in [0.29, 0.717) is 0 Å². The molecule has 0 radical (unpaired) electrons. The quantitative estimate of drug-likeness (QED) is 0.172. The Kier molecular flexibility index (Phi) is 8.73. The fraction of sp³-hybridized carbons (Fsp3) is 0.120. The van der Waals surface area contributed by atoms with Crippen LogP contribution in [0.15, 0.2) is 226 Å². The predicted molar refractivity (Wildman–Crippen MR) is 327 cm³/mol. The van der Waals surface area contributed by atoms with Crippen LogP contribution in [0.1, 0.15) is 74.9 Å². The summed E-state index contributed by atoms with van der Waals surface area (Å²) in [5.74, 6) is 0. The molecule has 14 aromatic rings. The minimum absolute atomic E-state index is 0.258. The van der Waals surface area contributed by atoms with Crippen LogP contribution in [0, 0.1) is 0 Å². The Morgan fingerprint density at radius 2 is 0.797 bits per heavy atom. The van der Waals surface area contributed by atoms with Crippen molar-refractivity contribution in [3.8, 4) is 55.6 Å². The average Bonchev–Trinajstić information content (AvgIpc) is 3.98. The zero-order valence-electron chi connectivity index (χ0n) is 44.9. The van der Waals surface area contributed by atoms with Crippen LogP contribution in [0.4, 0.5) is 17.1 Å². The van der Waals surface area contributed by atoms with Gasteiger partial charge in [-0.25, -0.2) is 0 Å². The topological polar surface area (TPSA) is 42.7 Å². The highest BCUT2D eigenvalue weighted by atomic mass is 16.3. The van der Waals surface area contributed by atoms with Gasteiger partial charge in [0.1, 0.15) is 33.5 Å². The van der Waals surface area contributed by atoms with Crippen LogP contribution < -0.4 is 4.90 Å². The van der Waals surface area contributed by atoms with Crippen molar-refractivity contribution in [2.45, 2.75) is 57.8 Å². The molecule has 11 aromatic carbocycles. The second kappa shape index (κ2) is 15.4. The molecule has 0 atom stereocenters. The first kappa shape index (κ1) is 44.7. The summed E-state index contributed by atoms with van der Waals surface area (Å²) >= 11 is 0. The molecule has 0 saturated heterocycles. The highest BCUT2D eigenvalue weighted by molar-refractivity contribution is 6.22. The molecule has 0 saturated carbocycles. The maximum atomic E-state index is 7.04. The highest BCUT2D eigenvalue weighted by Crippen LogP contribution is 2.64. The van der Waals surface area contributed by atoms with Gasteiger partial charge in [-0.15, -0.1) is 0 Å².